The number of carbonyl (C=O) groups is 1. The van der Waals surface area contributed by atoms with Crippen LogP contribution in [0.2, 0.25) is 0 Å². The molecule has 1 rings (SSSR count). The van der Waals surface area contributed by atoms with E-state index in [0.717, 1.165) is 16.4 Å². The third-order valence-corrected chi connectivity index (χ3v) is 2.46. The lowest BCUT2D eigenvalue weighted by Gasteiger charge is -2.19. The monoisotopic (exact) mass is 257 g/mol. The summed E-state index contributed by atoms with van der Waals surface area (Å²) in [5.41, 5.74) is 1.45. The van der Waals surface area contributed by atoms with Crippen molar-refractivity contribution in [3.8, 4) is 0 Å². The Balaban J connectivity index is 3.01. The molecule has 0 radical (unpaired) electrons. The molecule has 14 heavy (non-hydrogen) atoms. The van der Waals surface area contributed by atoms with Crippen LogP contribution in [0, 0.1) is 0 Å². The van der Waals surface area contributed by atoms with Crippen molar-refractivity contribution >= 4 is 27.9 Å². The molecule has 1 aromatic rings. The highest BCUT2D eigenvalue weighted by atomic mass is 79.9. The van der Waals surface area contributed by atoms with Crippen LogP contribution in [-0.4, -0.2) is 31.6 Å². The van der Waals surface area contributed by atoms with Gasteiger partial charge in [0.05, 0.1) is 6.61 Å². The third-order valence-electron chi connectivity index (χ3n) is 1.96. The summed E-state index contributed by atoms with van der Waals surface area (Å²) in [6.45, 7) is 0.591. The quantitative estimate of drug-likeness (QED) is 0.835. The van der Waals surface area contributed by atoms with Crippen molar-refractivity contribution in [1.82, 2.24) is 0 Å². The predicted molar refractivity (Wildman–Crippen MR) is 59.9 cm³/mol. The summed E-state index contributed by atoms with van der Waals surface area (Å²) in [5.74, 6) is 0. The van der Waals surface area contributed by atoms with Crippen molar-refractivity contribution in [2.45, 2.75) is 0 Å². The first-order valence-electron chi connectivity index (χ1n) is 4.25. The van der Waals surface area contributed by atoms with Gasteiger partial charge in [-0.25, -0.2) is 0 Å². The summed E-state index contributed by atoms with van der Waals surface area (Å²) in [4.78, 5) is 12.6. The van der Waals surface area contributed by atoms with E-state index in [-0.39, 0.29) is 6.61 Å². The first-order chi connectivity index (χ1) is 6.69. The van der Waals surface area contributed by atoms with Gasteiger partial charge in [-0.1, -0.05) is 15.9 Å². The number of rotatable bonds is 4. The van der Waals surface area contributed by atoms with Gasteiger partial charge in [-0.05, 0) is 18.2 Å². The summed E-state index contributed by atoms with van der Waals surface area (Å²) in [5, 5.41) is 8.78. The Kier molecular flexibility index (Phi) is 4.10. The zero-order valence-corrected chi connectivity index (χ0v) is 9.49. The molecule has 0 aliphatic heterocycles. The van der Waals surface area contributed by atoms with Crippen molar-refractivity contribution in [1.29, 1.82) is 0 Å². The molecule has 4 heteroatoms. The maximum absolute atomic E-state index is 10.8. The van der Waals surface area contributed by atoms with Gasteiger partial charge in [-0.2, -0.15) is 0 Å². The van der Waals surface area contributed by atoms with E-state index in [0.29, 0.717) is 12.1 Å². The first kappa shape index (κ1) is 11.2. The second-order valence-corrected chi connectivity index (χ2v) is 3.88. The van der Waals surface area contributed by atoms with Crippen LogP contribution in [-0.2, 0) is 0 Å². The number of hydrogen-bond donors (Lipinski definition) is 1. The highest BCUT2D eigenvalue weighted by Gasteiger charge is 2.06. The zero-order valence-electron chi connectivity index (χ0n) is 7.90. The standard InChI is InChI=1S/C10H12BrNO2/c1-12(4-5-13)10-3-2-9(11)6-8(10)7-14/h2-3,6-7,13H,4-5H2,1H3. The lowest BCUT2D eigenvalue weighted by molar-refractivity contribution is 0.112. The van der Waals surface area contributed by atoms with E-state index in [9.17, 15) is 4.79 Å². The van der Waals surface area contributed by atoms with Gasteiger partial charge in [-0.15, -0.1) is 0 Å². The normalized spacial score (nSPS) is 9.93. The van der Waals surface area contributed by atoms with Gasteiger partial charge in [-0.3, -0.25) is 4.79 Å². The zero-order chi connectivity index (χ0) is 10.6. The van der Waals surface area contributed by atoms with Crippen LogP contribution in [0.4, 0.5) is 5.69 Å². The molecule has 3 nitrogen and oxygen atoms in total. The van der Waals surface area contributed by atoms with Gasteiger partial charge in [0.15, 0.2) is 6.29 Å². The molecule has 0 spiro atoms. The Morgan fingerprint density at radius 3 is 2.86 bits per heavy atom. The molecule has 0 fully saturated rings. The van der Waals surface area contributed by atoms with E-state index in [4.69, 9.17) is 5.11 Å². The van der Waals surface area contributed by atoms with Crippen molar-refractivity contribution in [3.63, 3.8) is 0 Å². The first-order valence-corrected chi connectivity index (χ1v) is 5.05. The van der Waals surface area contributed by atoms with Crippen LogP contribution in [0.1, 0.15) is 10.4 Å². The summed E-state index contributed by atoms with van der Waals surface area (Å²) < 4.78 is 0.876. The highest BCUT2D eigenvalue weighted by Crippen LogP contribution is 2.22. The molecule has 1 aromatic carbocycles. The Labute approximate surface area is 91.5 Å². The van der Waals surface area contributed by atoms with E-state index in [1.54, 1.807) is 6.07 Å². The summed E-state index contributed by atoms with van der Waals surface area (Å²) in [6, 6.07) is 5.48. The van der Waals surface area contributed by atoms with Gasteiger partial charge in [0.1, 0.15) is 0 Å². The van der Waals surface area contributed by atoms with Crippen LogP contribution in [0.25, 0.3) is 0 Å². The van der Waals surface area contributed by atoms with Crippen molar-refractivity contribution in [2.24, 2.45) is 0 Å². The third kappa shape index (κ3) is 2.56. The summed E-state index contributed by atoms with van der Waals surface area (Å²) in [7, 11) is 1.84. The average molecular weight is 258 g/mol. The van der Waals surface area contributed by atoms with Crippen molar-refractivity contribution in [3.05, 3.63) is 28.2 Å². The number of aldehydes is 1. The molecule has 0 unspecified atom stereocenters. The van der Waals surface area contributed by atoms with Crippen molar-refractivity contribution < 1.29 is 9.90 Å². The number of likely N-dealkylation sites (N-methyl/N-ethyl adjacent to an activating group) is 1. The minimum atomic E-state index is 0.0743. The van der Waals surface area contributed by atoms with Crippen LogP contribution in [0.15, 0.2) is 22.7 Å². The van der Waals surface area contributed by atoms with Crippen LogP contribution in [0.5, 0.6) is 0 Å². The second kappa shape index (κ2) is 5.12. The van der Waals surface area contributed by atoms with Gasteiger partial charge >= 0.3 is 0 Å². The maximum Gasteiger partial charge on any atom is 0.152 e. The minimum absolute atomic E-state index is 0.0743. The van der Waals surface area contributed by atoms with Gasteiger partial charge in [0.2, 0.25) is 0 Å². The number of aliphatic hydroxyl groups is 1. The van der Waals surface area contributed by atoms with E-state index >= 15 is 0 Å². The van der Waals surface area contributed by atoms with E-state index in [1.165, 1.54) is 0 Å². The summed E-state index contributed by atoms with van der Waals surface area (Å²) in [6.07, 6.45) is 0.813. The number of halogens is 1. The smallest absolute Gasteiger partial charge is 0.152 e. The minimum Gasteiger partial charge on any atom is -0.395 e. The molecule has 0 amide bonds. The molecule has 1 N–H and O–H groups in total. The van der Waals surface area contributed by atoms with E-state index in [2.05, 4.69) is 15.9 Å². The van der Waals surface area contributed by atoms with E-state index < -0.39 is 0 Å². The molecule has 0 bridgehead atoms. The lowest BCUT2D eigenvalue weighted by atomic mass is 10.2. The molecule has 0 saturated carbocycles. The number of aliphatic hydroxyl groups excluding tert-OH is 1. The van der Waals surface area contributed by atoms with E-state index in [1.807, 2.05) is 24.1 Å². The average Bonchev–Trinajstić information content (AvgIpc) is 2.17. The number of benzene rings is 1. The molecule has 0 aliphatic rings. The predicted octanol–water partition coefficient (Wildman–Crippen LogP) is 1.69. The summed E-state index contributed by atoms with van der Waals surface area (Å²) >= 11 is 3.30. The van der Waals surface area contributed by atoms with Crippen LogP contribution >= 0.6 is 15.9 Å². The Bertz CT molecular complexity index is 328. The molecule has 76 valence electrons. The lowest BCUT2D eigenvalue weighted by Crippen LogP contribution is -2.22. The molecule has 0 atom stereocenters. The van der Waals surface area contributed by atoms with Crippen molar-refractivity contribution in [2.75, 3.05) is 25.1 Å². The molecule has 0 heterocycles. The largest absolute Gasteiger partial charge is 0.395 e. The van der Waals surface area contributed by atoms with Gasteiger partial charge in [0.25, 0.3) is 0 Å². The number of hydrogen-bond acceptors (Lipinski definition) is 3. The Hall–Kier alpha value is -0.870. The molecule has 0 aromatic heterocycles. The fourth-order valence-corrected chi connectivity index (χ4v) is 1.62. The topological polar surface area (TPSA) is 40.5 Å². The maximum atomic E-state index is 10.8. The number of nitrogens with zero attached hydrogens (tertiary/aromatic N) is 1. The Morgan fingerprint density at radius 2 is 2.29 bits per heavy atom. The SMILES string of the molecule is CN(CCO)c1ccc(Br)cc1C=O. The molecule has 0 aliphatic carbocycles. The van der Waals surface area contributed by atoms with Crippen LogP contribution < -0.4 is 4.90 Å². The number of carbonyl (C=O) groups excluding carboxylic acids is 1. The molecular weight excluding hydrogens is 246 g/mol. The number of anilines is 1. The molecule has 0 saturated heterocycles. The Morgan fingerprint density at radius 1 is 1.57 bits per heavy atom. The van der Waals surface area contributed by atoms with Gasteiger partial charge in [0, 0.05) is 29.3 Å². The molecular formula is C10H12BrNO2. The highest BCUT2D eigenvalue weighted by molar-refractivity contribution is 9.10. The van der Waals surface area contributed by atoms with Gasteiger partial charge < -0.3 is 10.0 Å². The second-order valence-electron chi connectivity index (χ2n) is 2.97. The fourth-order valence-electron chi connectivity index (χ4n) is 1.24. The fraction of sp³-hybridized carbons (Fsp3) is 0.300. The van der Waals surface area contributed by atoms with Crippen LogP contribution in [0.3, 0.4) is 0 Å².